The van der Waals surface area contributed by atoms with E-state index in [1.807, 2.05) is 0 Å². The fourth-order valence-corrected chi connectivity index (χ4v) is 2.42. The SMILES string of the molecule is CC(=O)N(CC(=O)Nc1cccc(Cl)c1)c1ccccc1C(F)(F)F. The molecule has 0 aliphatic heterocycles. The minimum absolute atomic E-state index is 0.372. The van der Waals surface area contributed by atoms with Crippen LogP contribution in [0, 0.1) is 0 Å². The van der Waals surface area contributed by atoms with Crippen LogP contribution in [0.15, 0.2) is 48.5 Å². The summed E-state index contributed by atoms with van der Waals surface area (Å²) in [6, 6.07) is 10.9. The van der Waals surface area contributed by atoms with E-state index >= 15 is 0 Å². The lowest BCUT2D eigenvalue weighted by Crippen LogP contribution is -2.37. The Hall–Kier alpha value is -2.54. The zero-order valence-electron chi connectivity index (χ0n) is 13.1. The Balaban J connectivity index is 2.25. The third kappa shape index (κ3) is 4.96. The molecular formula is C17H14ClF3N2O2. The number of carbonyl (C=O) groups excluding carboxylic acids is 2. The van der Waals surface area contributed by atoms with Crippen molar-refractivity contribution < 1.29 is 22.8 Å². The Morgan fingerprint density at radius 3 is 2.40 bits per heavy atom. The van der Waals surface area contributed by atoms with Crippen LogP contribution >= 0.6 is 11.6 Å². The minimum atomic E-state index is -4.65. The number of nitrogens with one attached hydrogen (secondary N) is 1. The van der Waals surface area contributed by atoms with Crippen LogP contribution in [-0.4, -0.2) is 18.4 Å². The van der Waals surface area contributed by atoms with Gasteiger partial charge in [0.05, 0.1) is 11.3 Å². The van der Waals surface area contributed by atoms with Crippen LogP contribution in [0.4, 0.5) is 24.5 Å². The fourth-order valence-electron chi connectivity index (χ4n) is 2.23. The van der Waals surface area contributed by atoms with Gasteiger partial charge >= 0.3 is 6.18 Å². The second kappa shape index (κ2) is 7.57. The first-order valence-corrected chi connectivity index (χ1v) is 7.56. The first-order chi connectivity index (χ1) is 11.7. The van der Waals surface area contributed by atoms with Gasteiger partial charge in [-0.25, -0.2) is 0 Å². The maximum atomic E-state index is 13.1. The topological polar surface area (TPSA) is 49.4 Å². The Bertz CT molecular complexity index is 793. The van der Waals surface area contributed by atoms with Crippen LogP contribution in [0.3, 0.4) is 0 Å². The normalized spacial score (nSPS) is 11.1. The first-order valence-electron chi connectivity index (χ1n) is 7.18. The summed E-state index contributed by atoms with van der Waals surface area (Å²) in [5, 5.41) is 2.89. The number of alkyl halides is 3. The molecule has 2 aromatic carbocycles. The van der Waals surface area contributed by atoms with Crippen LogP contribution in [-0.2, 0) is 15.8 Å². The Morgan fingerprint density at radius 2 is 1.80 bits per heavy atom. The van der Waals surface area contributed by atoms with E-state index in [2.05, 4.69) is 5.32 Å². The molecule has 0 spiro atoms. The quantitative estimate of drug-likeness (QED) is 0.869. The second-order valence-corrected chi connectivity index (χ2v) is 5.62. The molecule has 0 bridgehead atoms. The van der Waals surface area contributed by atoms with Gasteiger partial charge in [-0.15, -0.1) is 0 Å². The van der Waals surface area contributed by atoms with Crippen molar-refractivity contribution in [3.8, 4) is 0 Å². The molecule has 8 heteroatoms. The molecule has 1 N–H and O–H groups in total. The van der Waals surface area contributed by atoms with E-state index in [9.17, 15) is 22.8 Å². The molecule has 0 aliphatic carbocycles. The summed E-state index contributed by atoms with van der Waals surface area (Å²) < 4.78 is 39.4. The summed E-state index contributed by atoms with van der Waals surface area (Å²) >= 11 is 5.81. The van der Waals surface area contributed by atoms with Gasteiger partial charge in [-0.05, 0) is 30.3 Å². The average molecular weight is 371 g/mol. The van der Waals surface area contributed by atoms with Gasteiger partial charge in [0.25, 0.3) is 0 Å². The maximum absolute atomic E-state index is 13.1. The molecule has 0 atom stereocenters. The van der Waals surface area contributed by atoms with Crippen LogP contribution in [0.5, 0.6) is 0 Å². The van der Waals surface area contributed by atoms with Crippen molar-refractivity contribution in [2.75, 3.05) is 16.8 Å². The molecule has 25 heavy (non-hydrogen) atoms. The Morgan fingerprint density at radius 1 is 1.12 bits per heavy atom. The monoisotopic (exact) mass is 370 g/mol. The number of nitrogens with zero attached hydrogens (tertiary/aromatic N) is 1. The van der Waals surface area contributed by atoms with Crippen molar-refractivity contribution in [2.45, 2.75) is 13.1 Å². The molecule has 4 nitrogen and oxygen atoms in total. The lowest BCUT2D eigenvalue weighted by molar-refractivity contribution is -0.137. The molecule has 0 saturated carbocycles. The number of halogens is 4. The number of anilines is 2. The number of rotatable bonds is 4. The van der Waals surface area contributed by atoms with E-state index in [-0.39, 0.29) is 5.69 Å². The summed E-state index contributed by atoms with van der Waals surface area (Å²) in [4.78, 5) is 24.7. The summed E-state index contributed by atoms with van der Waals surface area (Å²) in [6.45, 7) is 0.536. The molecule has 2 amide bonds. The van der Waals surface area contributed by atoms with Gasteiger partial charge in [0.15, 0.2) is 0 Å². The summed E-state index contributed by atoms with van der Waals surface area (Å²) in [5.41, 5.74) is -0.977. The van der Waals surface area contributed by atoms with Crippen LogP contribution < -0.4 is 10.2 Å². The van der Waals surface area contributed by atoms with Crippen molar-refractivity contribution in [2.24, 2.45) is 0 Å². The third-order valence-electron chi connectivity index (χ3n) is 3.29. The molecule has 0 heterocycles. The van der Waals surface area contributed by atoms with Crippen molar-refractivity contribution in [3.05, 3.63) is 59.1 Å². The zero-order valence-corrected chi connectivity index (χ0v) is 13.9. The average Bonchev–Trinajstić information content (AvgIpc) is 2.51. The van der Waals surface area contributed by atoms with Crippen LogP contribution in [0.25, 0.3) is 0 Å². The van der Waals surface area contributed by atoms with Gasteiger partial charge in [0, 0.05) is 17.6 Å². The van der Waals surface area contributed by atoms with Gasteiger partial charge in [-0.2, -0.15) is 13.2 Å². The summed E-state index contributed by atoms with van der Waals surface area (Å²) in [5.74, 6) is -1.33. The Labute approximate surface area is 147 Å². The van der Waals surface area contributed by atoms with E-state index < -0.39 is 30.1 Å². The molecule has 0 aromatic heterocycles. The fraction of sp³-hybridized carbons (Fsp3) is 0.176. The largest absolute Gasteiger partial charge is 0.418 e. The van der Waals surface area contributed by atoms with Gasteiger partial charge in [0.2, 0.25) is 11.8 Å². The van der Waals surface area contributed by atoms with Crippen molar-refractivity contribution in [3.63, 3.8) is 0 Å². The van der Waals surface area contributed by atoms with Gasteiger partial charge < -0.3 is 10.2 Å². The summed E-state index contributed by atoms with van der Waals surface area (Å²) in [7, 11) is 0. The highest BCUT2D eigenvalue weighted by Gasteiger charge is 2.35. The van der Waals surface area contributed by atoms with Crippen LogP contribution in [0.2, 0.25) is 5.02 Å². The highest BCUT2D eigenvalue weighted by atomic mass is 35.5. The van der Waals surface area contributed by atoms with Gasteiger partial charge in [-0.3, -0.25) is 9.59 Å². The second-order valence-electron chi connectivity index (χ2n) is 5.18. The molecule has 0 fully saturated rings. The van der Waals surface area contributed by atoms with Crippen molar-refractivity contribution in [1.82, 2.24) is 0 Å². The van der Waals surface area contributed by atoms with E-state index in [1.54, 1.807) is 18.2 Å². The number of amides is 2. The Kier molecular flexibility index (Phi) is 5.69. The molecular weight excluding hydrogens is 357 g/mol. The lowest BCUT2D eigenvalue weighted by atomic mass is 10.1. The molecule has 2 aromatic rings. The van der Waals surface area contributed by atoms with Crippen molar-refractivity contribution in [1.29, 1.82) is 0 Å². The molecule has 0 radical (unpaired) electrons. The molecule has 0 saturated heterocycles. The van der Waals surface area contributed by atoms with Gasteiger partial charge in [0.1, 0.15) is 6.54 Å². The predicted octanol–water partition coefficient (Wildman–Crippen LogP) is 4.35. The van der Waals surface area contributed by atoms with Gasteiger partial charge in [-0.1, -0.05) is 29.8 Å². The number of para-hydroxylation sites is 1. The van der Waals surface area contributed by atoms with E-state index in [0.29, 0.717) is 10.7 Å². The molecule has 132 valence electrons. The van der Waals surface area contributed by atoms with E-state index in [0.717, 1.165) is 24.0 Å². The van der Waals surface area contributed by atoms with E-state index in [1.165, 1.54) is 18.2 Å². The van der Waals surface area contributed by atoms with Crippen molar-refractivity contribution >= 4 is 34.8 Å². The standard InChI is InChI=1S/C17H14ClF3N2O2/c1-11(24)23(15-8-3-2-7-14(15)17(19,20)21)10-16(25)22-13-6-4-5-12(18)9-13/h2-9H,10H2,1H3,(H,22,25). The molecule has 2 rings (SSSR count). The smallest absolute Gasteiger partial charge is 0.324 e. The number of hydrogen-bond donors (Lipinski definition) is 1. The minimum Gasteiger partial charge on any atom is -0.324 e. The number of hydrogen-bond acceptors (Lipinski definition) is 2. The van der Waals surface area contributed by atoms with Crippen LogP contribution in [0.1, 0.15) is 12.5 Å². The van der Waals surface area contributed by atoms with E-state index in [4.69, 9.17) is 11.6 Å². The number of benzene rings is 2. The highest BCUT2D eigenvalue weighted by molar-refractivity contribution is 6.30. The maximum Gasteiger partial charge on any atom is 0.418 e. The highest BCUT2D eigenvalue weighted by Crippen LogP contribution is 2.36. The third-order valence-corrected chi connectivity index (χ3v) is 3.53. The first kappa shape index (κ1) is 18.8. The molecule has 0 aliphatic rings. The predicted molar refractivity (Wildman–Crippen MR) is 89.6 cm³/mol. The zero-order chi connectivity index (χ0) is 18.6. The summed E-state index contributed by atoms with van der Waals surface area (Å²) in [6.07, 6.45) is -4.65. The lowest BCUT2D eigenvalue weighted by Gasteiger charge is -2.24. The molecule has 0 unspecified atom stereocenters. The number of carbonyl (C=O) groups is 2.